The van der Waals surface area contributed by atoms with Crippen molar-refractivity contribution in [1.82, 2.24) is 0 Å². The van der Waals surface area contributed by atoms with Gasteiger partial charge < -0.3 is 14.6 Å². The second kappa shape index (κ2) is 4.59. The predicted molar refractivity (Wildman–Crippen MR) is 85.6 cm³/mol. The highest BCUT2D eigenvalue weighted by Gasteiger charge is 2.58. The summed E-state index contributed by atoms with van der Waals surface area (Å²) in [6.45, 7) is 4.67. The van der Waals surface area contributed by atoms with E-state index >= 15 is 0 Å². The summed E-state index contributed by atoms with van der Waals surface area (Å²) in [4.78, 5) is 0. The Morgan fingerprint density at radius 3 is 2.82 bits per heavy atom. The summed E-state index contributed by atoms with van der Waals surface area (Å²) in [6, 6.07) is 6.44. The van der Waals surface area contributed by atoms with E-state index in [9.17, 15) is 5.11 Å². The number of fused-ring (bicyclic) bond motifs is 4. The van der Waals surface area contributed by atoms with Crippen molar-refractivity contribution in [3.05, 3.63) is 34.9 Å². The average molecular weight is 300 g/mol. The van der Waals surface area contributed by atoms with Crippen LogP contribution in [0.5, 0.6) is 5.75 Å². The van der Waals surface area contributed by atoms with Crippen molar-refractivity contribution in [2.24, 2.45) is 11.3 Å². The molecule has 2 aliphatic carbocycles. The first-order chi connectivity index (χ1) is 10.5. The quantitative estimate of drug-likeness (QED) is 0.862. The number of aryl methyl sites for hydroxylation is 1. The summed E-state index contributed by atoms with van der Waals surface area (Å²) in [5, 5.41) is 10.6. The van der Waals surface area contributed by atoms with Crippen LogP contribution >= 0.6 is 0 Å². The van der Waals surface area contributed by atoms with Crippen LogP contribution in [0.1, 0.15) is 44.2 Å². The molecule has 3 atom stereocenters. The largest absolute Gasteiger partial charge is 0.497 e. The van der Waals surface area contributed by atoms with Crippen LogP contribution in [-0.2, 0) is 11.2 Å². The fraction of sp³-hybridized carbons (Fsp3) is 0.579. The van der Waals surface area contributed by atoms with Crippen LogP contribution in [0.25, 0.3) is 5.57 Å². The number of hydrogen-bond acceptors (Lipinski definition) is 3. The first-order valence-electron chi connectivity index (χ1n) is 8.22. The maximum absolute atomic E-state index is 10.6. The van der Waals surface area contributed by atoms with E-state index in [-0.39, 0.29) is 5.41 Å². The van der Waals surface area contributed by atoms with E-state index in [1.54, 1.807) is 7.11 Å². The summed E-state index contributed by atoms with van der Waals surface area (Å²) in [7, 11) is 1.72. The molecule has 3 nitrogen and oxygen atoms in total. The van der Waals surface area contributed by atoms with E-state index in [0.29, 0.717) is 12.5 Å². The molecular formula is C19H24O3. The molecule has 0 spiro atoms. The lowest BCUT2D eigenvalue weighted by Crippen LogP contribution is -2.45. The van der Waals surface area contributed by atoms with Crippen LogP contribution in [-0.4, -0.2) is 24.6 Å². The number of aliphatic hydroxyl groups is 1. The Morgan fingerprint density at radius 1 is 1.23 bits per heavy atom. The minimum Gasteiger partial charge on any atom is -0.497 e. The molecular weight excluding hydrogens is 276 g/mol. The molecule has 0 aromatic heterocycles. The van der Waals surface area contributed by atoms with Crippen LogP contribution < -0.4 is 4.74 Å². The third-order valence-electron chi connectivity index (χ3n) is 6.36. The van der Waals surface area contributed by atoms with Crippen molar-refractivity contribution in [1.29, 1.82) is 0 Å². The Kier molecular flexibility index (Phi) is 2.98. The molecule has 3 heteroatoms. The lowest BCUT2D eigenvalue weighted by atomic mass is 9.60. The Labute approximate surface area is 131 Å². The number of hydrogen-bond donors (Lipinski definition) is 1. The highest BCUT2D eigenvalue weighted by Crippen LogP contribution is 2.58. The first kappa shape index (κ1) is 14.3. The lowest BCUT2D eigenvalue weighted by Gasteiger charge is -2.45. The molecule has 0 bridgehead atoms. The van der Waals surface area contributed by atoms with Gasteiger partial charge >= 0.3 is 0 Å². The third kappa shape index (κ3) is 1.76. The zero-order valence-corrected chi connectivity index (χ0v) is 13.6. The van der Waals surface area contributed by atoms with Crippen molar-refractivity contribution >= 4 is 5.57 Å². The number of allylic oxidation sites excluding steroid dienone is 1. The van der Waals surface area contributed by atoms with Gasteiger partial charge in [-0.2, -0.15) is 0 Å². The summed E-state index contributed by atoms with van der Waals surface area (Å²) < 4.78 is 11.1. The molecule has 1 aromatic rings. The Balaban J connectivity index is 1.80. The monoisotopic (exact) mass is 300 g/mol. The second-order valence-electron chi connectivity index (χ2n) is 7.29. The average Bonchev–Trinajstić information content (AvgIpc) is 2.76. The van der Waals surface area contributed by atoms with Crippen LogP contribution in [0.15, 0.2) is 23.8 Å². The van der Waals surface area contributed by atoms with Gasteiger partial charge in [-0.3, -0.25) is 0 Å². The minimum absolute atomic E-state index is 0.157. The smallest absolute Gasteiger partial charge is 0.168 e. The van der Waals surface area contributed by atoms with E-state index in [4.69, 9.17) is 9.47 Å². The van der Waals surface area contributed by atoms with Crippen molar-refractivity contribution in [3.63, 3.8) is 0 Å². The highest BCUT2D eigenvalue weighted by atomic mass is 16.6. The molecule has 1 heterocycles. The molecule has 0 amide bonds. The van der Waals surface area contributed by atoms with E-state index < -0.39 is 5.79 Å². The fourth-order valence-corrected chi connectivity index (χ4v) is 4.66. The number of benzene rings is 1. The Morgan fingerprint density at radius 2 is 2.05 bits per heavy atom. The molecule has 0 saturated carbocycles. The van der Waals surface area contributed by atoms with E-state index in [1.807, 2.05) is 6.92 Å². The normalized spacial score (nSPS) is 36.6. The molecule has 1 saturated heterocycles. The van der Waals surface area contributed by atoms with E-state index in [0.717, 1.165) is 31.4 Å². The maximum atomic E-state index is 10.6. The Hall–Kier alpha value is -1.32. The van der Waals surface area contributed by atoms with Gasteiger partial charge in [0.1, 0.15) is 5.75 Å². The number of ether oxygens (including phenoxy) is 2. The fourth-order valence-electron chi connectivity index (χ4n) is 4.66. The summed E-state index contributed by atoms with van der Waals surface area (Å²) in [5.74, 6) is 0.285. The molecule has 4 rings (SSSR count). The van der Waals surface area contributed by atoms with Gasteiger partial charge in [0.2, 0.25) is 0 Å². The molecule has 1 aromatic carbocycles. The Bertz CT molecular complexity index is 659. The molecule has 22 heavy (non-hydrogen) atoms. The van der Waals surface area contributed by atoms with E-state index in [2.05, 4.69) is 25.1 Å². The standard InChI is InChI=1S/C19H24O3/c1-18-9-8-15-14-7-5-13(21-3)10-12(14)4-6-16(15)17(18)11-22-19(18,2)20/h5,7,10,17,20H,4,6,8-9,11H2,1-3H3/t17-,18+,19?/m1/s1. The van der Waals surface area contributed by atoms with Gasteiger partial charge in [0, 0.05) is 11.3 Å². The van der Waals surface area contributed by atoms with Gasteiger partial charge in [-0.1, -0.05) is 18.6 Å². The molecule has 1 unspecified atom stereocenters. The third-order valence-corrected chi connectivity index (χ3v) is 6.36. The van der Waals surface area contributed by atoms with Crippen LogP contribution in [0.4, 0.5) is 0 Å². The van der Waals surface area contributed by atoms with Crippen LogP contribution in [0.3, 0.4) is 0 Å². The molecule has 1 fully saturated rings. The molecule has 118 valence electrons. The van der Waals surface area contributed by atoms with Crippen molar-refractivity contribution in [2.45, 2.75) is 45.3 Å². The van der Waals surface area contributed by atoms with E-state index in [1.165, 1.54) is 22.3 Å². The van der Waals surface area contributed by atoms with Gasteiger partial charge in [-0.25, -0.2) is 0 Å². The molecule has 1 aliphatic heterocycles. The van der Waals surface area contributed by atoms with Gasteiger partial charge in [0.15, 0.2) is 5.79 Å². The zero-order chi connectivity index (χ0) is 15.5. The SMILES string of the molecule is COc1ccc2c(c1)CCC1=C2CC[C@@]2(C)[C@@H]1COC2(C)O. The summed E-state index contributed by atoms with van der Waals surface area (Å²) in [5.41, 5.74) is 5.63. The zero-order valence-electron chi connectivity index (χ0n) is 13.6. The van der Waals surface area contributed by atoms with Gasteiger partial charge in [0.25, 0.3) is 0 Å². The predicted octanol–water partition coefficient (Wildman–Crippen LogP) is 3.55. The van der Waals surface area contributed by atoms with Crippen molar-refractivity contribution in [2.75, 3.05) is 13.7 Å². The maximum Gasteiger partial charge on any atom is 0.168 e. The topological polar surface area (TPSA) is 38.7 Å². The highest BCUT2D eigenvalue weighted by molar-refractivity contribution is 5.75. The molecule has 1 N–H and O–H groups in total. The number of methoxy groups -OCH3 is 1. The van der Waals surface area contributed by atoms with Crippen LogP contribution in [0.2, 0.25) is 0 Å². The first-order valence-corrected chi connectivity index (χ1v) is 8.22. The van der Waals surface area contributed by atoms with Gasteiger partial charge in [0.05, 0.1) is 13.7 Å². The molecule has 3 aliphatic rings. The van der Waals surface area contributed by atoms with Crippen molar-refractivity contribution in [3.8, 4) is 5.75 Å². The van der Waals surface area contributed by atoms with Gasteiger partial charge in [-0.05, 0) is 61.4 Å². The summed E-state index contributed by atoms with van der Waals surface area (Å²) in [6.07, 6.45) is 4.14. The minimum atomic E-state index is -1.00. The van der Waals surface area contributed by atoms with Crippen molar-refractivity contribution < 1.29 is 14.6 Å². The summed E-state index contributed by atoms with van der Waals surface area (Å²) >= 11 is 0. The van der Waals surface area contributed by atoms with Crippen LogP contribution in [0, 0.1) is 11.3 Å². The second-order valence-corrected chi connectivity index (χ2v) is 7.29. The number of rotatable bonds is 1. The lowest BCUT2D eigenvalue weighted by molar-refractivity contribution is -0.212. The van der Waals surface area contributed by atoms with Gasteiger partial charge in [-0.15, -0.1) is 0 Å². The molecule has 0 radical (unpaired) electrons.